The van der Waals surface area contributed by atoms with Crippen LogP contribution in [0.25, 0.3) is 11.1 Å². The van der Waals surface area contributed by atoms with Gasteiger partial charge in [-0.2, -0.15) is 0 Å². The SMILES string of the molecule is COC[C@H]1N=C(c2cc(OC)c(OC)c(OC)c2-c2cc3c(cc2[C@@H](C)O)OCO3)O[C@H]1c1ccccc1. The summed E-state index contributed by atoms with van der Waals surface area (Å²) in [5, 5.41) is 10.8. The van der Waals surface area contributed by atoms with Gasteiger partial charge in [-0.25, -0.2) is 4.99 Å². The van der Waals surface area contributed by atoms with E-state index in [1.54, 1.807) is 41.4 Å². The first-order valence-corrected chi connectivity index (χ1v) is 12.2. The molecule has 0 aliphatic carbocycles. The molecule has 3 atom stereocenters. The third-order valence-electron chi connectivity index (χ3n) is 6.66. The molecule has 38 heavy (non-hydrogen) atoms. The summed E-state index contributed by atoms with van der Waals surface area (Å²) in [6.45, 7) is 2.16. The van der Waals surface area contributed by atoms with Crippen molar-refractivity contribution in [1.82, 2.24) is 0 Å². The molecule has 0 aromatic heterocycles. The van der Waals surface area contributed by atoms with Gasteiger partial charge in [-0.3, -0.25) is 0 Å². The molecule has 9 nitrogen and oxygen atoms in total. The molecule has 3 aromatic carbocycles. The number of benzene rings is 3. The zero-order valence-corrected chi connectivity index (χ0v) is 22.0. The van der Waals surface area contributed by atoms with Crippen LogP contribution in [0.1, 0.15) is 35.8 Å². The molecule has 9 heteroatoms. The summed E-state index contributed by atoms with van der Waals surface area (Å²) in [7, 11) is 6.29. The highest BCUT2D eigenvalue weighted by Gasteiger charge is 2.37. The van der Waals surface area contributed by atoms with Crippen LogP contribution in [-0.2, 0) is 9.47 Å². The second-order valence-corrected chi connectivity index (χ2v) is 8.94. The molecular weight excluding hydrogens is 490 g/mol. The van der Waals surface area contributed by atoms with Crippen LogP contribution in [0.15, 0.2) is 53.5 Å². The second kappa shape index (κ2) is 10.8. The number of rotatable bonds is 9. The van der Waals surface area contributed by atoms with Gasteiger partial charge in [0.15, 0.2) is 29.1 Å². The first-order valence-electron chi connectivity index (χ1n) is 12.2. The highest BCUT2D eigenvalue weighted by Crippen LogP contribution is 2.51. The summed E-state index contributed by atoms with van der Waals surface area (Å²) in [5.41, 5.74) is 3.49. The van der Waals surface area contributed by atoms with Gasteiger partial charge in [-0.05, 0) is 41.8 Å². The molecule has 0 saturated heterocycles. The number of aliphatic hydroxyl groups is 1. The van der Waals surface area contributed by atoms with E-state index in [4.69, 9.17) is 38.2 Å². The zero-order valence-electron chi connectivity index (χ0n) is 22.0. The molecular formula is C29H31NO8. The molecule has 0 saturated carbocycles. The van der Waals surface area contributed by atoms with E-state index in [0.717, 1.165) is 5.56 Å². The van der Waals surface area contributed by atoms with Crippen LogP contribution in [0, 0.1) is 0 Å². The van der Waals surface area contributed by atoms with Crippen molar-refractivity contribution in [3.63, 3.8) is 0 Å². The summed E-state index contributed by atoms with van der Waals surface area (Å²) in [5.74, 6) is 2.75. The summed E-state index contributed by atoms with van der Waals surface area (Å²) in [6.07, 6.45) is -1.18. The van der Waals surface area contributed by atoms with E-state index in [1.807, 2.05) is 42.5 Å². The molecule has 0 unspecified atom stereocenters. The summed E-state index contributed by atoms with van der Waals surface area (Å²) < 4.78 is 40.6. The Labute approximate surface area is 221 Å². The summed E-state index contributed by atoms with van der Waals surface area (Å²) >= 11 is 0. The van der Waals surface area contributed by atoms with E-state index in [-0.39, 0.29) is 18.9 Å². The van der Waals surface area contributed by atoms with E-state index in [0.29, 0.717) is 63.5 Å². The van der Waals surface area contributed by atoms with E-state index in [2.05, 4.69) is 0 Å². The Bertz CT molecular complexity index is 1340. The van der Waals surface area contributed by atoms with Gasteiger partial charge >= 0.3 is 0 Å². The van der Waals surface area contributed by atoms with Crippen LogP contribution in [-0.4, -0.2) is 58.9 Å². The average Bonchev–Trinajstić information content (AvgIpc) is 3.58. The lowest BCUT2D eigenvalue weighted by atomic mass is 9.91. The van der Waals surface area contributed by atoms with E-state index in [9.17, 15) is 5.11 Å². The van der Waals surface area contributed by atoms with Crippen LogP contribution in [0.4, 0.5) is 0 Å². The maximum Gasteiger partial charge on any atom is 0.231 e. The van der Waals surface area contributed by atoms with Crippen molar-refractivity contribution >= 4 is 5.90 Å². The normalized spacial score (nSPS) is 18.5. The number of aliphatic hydroxyl groups excluding tert-OH is 1. The lowest BCUT2D eigenvalue weighted by molar-refractivity contribution is 0.120. The van der Waals surface area contributed by atoms with Gasteiger partial charge in [-0.15, -0.1) is 0 Å². The van der Waals surface area contributed by atoms with Gasteiger partial charge < -0.3 is 38.3 Å². The monoisotopic (exact) mass is 521 g/mol. The fourth-order valence-corrected chi connectivity index (χ4v) is 4.92. The third-order valence-corrected chi connectivity index (χ3v) is 6.66. The van der Waals surface area contributed by atoms with Crippen molar-refractivity contribution in [3.8, 4) is 39.9 Å². The standard InChI is InChI=1S/C29H31NO8/c1-16(31)18-11-22-23(37-15-36-22)12-19(18)25-20(13-24(33-3)27(34-4)28(25)35-5)29-30-21(14-32-2)26(38-29)17-9-7-6-8-10-17/h6-13,16,21,26,31H,14-15H2,1-5H3/t16-,21-,26+/m1/s1. The number of fused-ring (bicyclic) bond motifs is 1. The fraction of sp³-hybridized carbons (Fsp3) is 0.345. The maximum atomic E-state index is 10.8. The van der Waals surface area contributed by atoms with Crippen molar-refractivity contribution in [2.24, 2.45) is 4.99 Å². The molecule has 5 rings (SSSR count). The molecule has 0 amide bonds. The number of hydrogen-bond acceptors (Lipinski definition) is 9. The van der Waals surface area contributed by atoms with E-state index in [1.165, 1.54) is 0 Å². The van der Waals surface area contributed by atoms with E-state index >= 15 is 0 Å². The molecule has 3 aromatic rings. The molecule has 200 valence electrons. The predicted octanol–water partition coefficient (Wildman–Crippen LogP) is 4.69. The Morgan fingerprint density at radius 2 is 1.63 bits per heavy atom. The minimum absolute atomic E-state index is 0.0984. The predicted molar refractivity (Wildman–Crippen MR) is 141 cm³/mol. The molecule has 0 radical (unpaired) electrons. The van der Waals surface area contributed by atoms with Crippen LogP contribution >= 0.6 is 0 Å². The van der Waals surface area contributed by atoms with Gasteiger partial charge in [0.25, 0.3) is 0 Å². The molecule has 0 spiro atoms. The Kier molecular flexibility index (Phi) is 7.31. The molecule has 1 N–H and O–H groups in total. The van der Waals surface area contributed by atoms with Crippen molar-refractivity contribution in [2.45, 2.75) is 25.2 Å². The minimum Gasteiger partial charge on any atom is -0.493 e. The number of ether oxygens (including phenoxy) is 7. The van der Waals surface area contributed by atoms with E-state index < -0.39 is 6.10 Å². The smallest absolute Gasteiger partial charge is 0.231 e. The Hall–Kier alpha value is -3.95. The molecule has 2 heterocycles. The molecule has 2 aliphatic heterocycles. The van der Waals surface area contributed by atoms with Gasteiger partial charge in [0.1, 0.15) is 6.04 Å². The Balaban J connectivity index is 1.76. The number of nitrogens with zero attached hydrogens (tertiary/aromatic N) is 1. The highest BCUT2D eigenvalue weighted by atomic mass is 16.7. The van der Waals surface area contributed by atoms with Crippen molar-refractivity contribution in [2.75, 3.05) is 41.8 Å². The van der Waals surface area contributed by atoms with Crippen LogP contribution in [0.2, 0.25) is 0 Å². The maximum absolute atomic E-state index is 10.8. The van der Waals surface area contributed by atoms with Crippen LogP contribution in [0.5, 0.6) is 28.7 Å². The topological polar surface area (TPSA) is 97.2 Å². The van der Waals surface area contributed by atoms with Crippen molar-refractivity contribution < 1.29 is 38.3 Å². The average molecular weight is 522 g/mol. The van der Waals surface area contributed by atoms with Crippen LogP contribution < -0.4 is 23.7 Å². The first kappa shape index (κ1) is 25.7. The van der Waals surface area contributed by atoms with Gasteiger partial charge in [0.05, 0.1) is 39.6 Å². The van der Waals surface area contributed by atoms with Gasteiger partial charge in [0, 0.05) is 12.7 Å². The Morgan fingerprint density at radius 1 is 0.921 bits per heavy atom. The largest absolute Gasteiger partial charge is 0.493 e. The molecule has 0 fully saturated rings. The molecule has 2 aliphatic rings. The third kappa shape index (κ3) is 4.48. The fourth-order valence-electron chi connectivity index (χ4n) is 4.92. The minimum atomic E-state index is -0.824. The zero-order chi connectivity index (χ0) is 26.8. The van der Waals surface area contributed by atoms with Gasteiger partial charge in [-0.1, -0.05) is 30.3 Å². The lowest BCUT2D eigenvalue weighted by Crippen LogP contribution is -2.19. The van der Waals surface area contributed by atoms with Crippen molar-refractivity contribution in [1.29, 1.82) is 0 Å². The number of methoxy groups -OCH3 is 4. The van der Waals surface area contributed by atoms with Crippen LogP contribution in [0.3, 0.4) is 0 Å². The quantitative estimate of drug-likeness (QED) is 0.433. The number of aliphatic imine (C=N–C) groups is 1. The molecule has 0 bridgehead atoms. The van der Waals surface area contributed by atoms with Gasteiger partial charge in [0.2, 0.25) is 18.4 Å². The highest BCUT2D eigenvalue weighted by molar-refractivity contribution is 6.05. The second-order valence-electron chi connectivity index (χ2n) is 8.94. The number of hydrogen-bond donors (Lipinski definition) is 1. The first-order chi connectivity index (χ1) is 18.5. The Morgan fingerprint density at radius 3 is 2.26 bits per heavy atom. The summed E-state index contributed by atoms with van der Waals surface area (Å²) in [4.78, 5) is 4.94. The summed E-state index contributed by atoms with van der Waals surface area (Å²) in [6, 6.07) is 15.0. The van der Waals surface area contributed by atoms with Crippen molar-refractivity contribution in [3.05, 3.63) is 65.2 Å². The lowest BCUT2D eigenvalue weighted by Gasteiger charge is -2.23.